The number of rotatable bonds is 8. The minimum atomic E-state index is -0.268. The molecule has 0 atom stereocenters. The maximum atomic E-state index is 12.6. The van der Waals surface area contributed by atoms with Gasteiger partial charge in [0.15, 0.2) is 0 Å². The van der Waals surface area contributed by atoms with Crippen molar-refractivity contribution in [1.82, 2.24) is 9.88 Å². The molecule has 0 aliphatic rings. The van der Waals surface area contributed by atoms with E-state index in [9.17, 15) is 9.59 Å². The molecule has 1 heterocycles. The molecule has 0 spiro atoms. The number of amides is 1. The van der Waals surface area contributed by atoms with Gasteiger partial charge in [-0.15, -0.1) is 0 Å². The Morgan fingerprint density at radius 1 is 1.16 bits per heavy atom. The van der Waals surface area contributed by atoms with Crippen LogP contribution in [-0.4, -0.2) is 23.6 Å². The second-order valence-corrected chi connectivity index (χ2v) is 5.55. The highest BCUT2D eigenvalue weighted by atomic mass is 16.5. The van der Waals surface area contributed by atoms with Crippen LogP contribution in [0.25, 0.3) is 11.8 Å². The lowest BCUT2D eigenvalue weighted by Crippen LogP contribution is -2.31. The quantitative estimate of drug-likeness (QED) is 0.593. The van der Waals surface area contributed by atoms with Gasteiger partial charge in [0, 0.05) is 18.8 Å². The first-order valence-corrected chi connectivity index (χ1v) is 8.56. The SMILES string of the molecule is CCCCNC(=O)C(=Cc1ccc(OCC)cc1)n1ccccc1=O. The molecular weight excluding hydrogens is 316 g/mol. The normalized spacial score (nSPS) is 11.2. The van der Waals surface area contributed by atoms with Crippen LogP contribution in [0.1, 0.15) is 32.3 Å². The van der Waals surface area contributed by atoms with E-state index in [0.29, 0.717) is 18.8 Å². The molecule has 0 aliphatic carbocycles. The molecule has 0 fully saturated rings. The van der Waals surface area contributed by atoms with E-state index in [1.807, 2.05) is 31.2 Å². The Balaban J connectivity index is 2.35. The third-order valence-electron chi connectivity index (χ3n) is 3.63. The summed E-state index contributed by atoms with van der Waals surface area (Å²) in [6.45, 7) is 5.16. The molecule has 0 radical (unpaired) electrons. The largest absolute Gasteiger partial charge is 0.494 e. The highest BCUT2D eigenvalue weighted by Gasteiger charge is 2.12. The fourth-order valence-electron chi connectivity index (χ4n) is 2.32. The van der Waals surface area contributed by atoms with Crippen LogP contribution in [0.2, 0.25) is 0 Å². The van der Waals surface area contributed by atoms with Crippen molar-refractivity contribution in [2.24, 2.45) is 0 Å². The summed E-state index contributed by atoms with van der Waals surface area (Å²) >= 11 is 0. The van der Waals surface area contributed by atoms with Gasteiger partial charge in [0.25, 0.3) is 11.5 Å². The molecule has 0 aliphatic heterocycles. The number of benzene rings is 1. The summed E-state index contributed by atoms with van der Waals surface area (Å²) in [5.41, 5.74) is 0.871. The van der Waals surface area contributed by atoms with Crippen LogP contribution >= 0.6 is 0 Å². The van der Waals surface area contributed by atoms with Crippen LogP contribution in [-0.2, 0) is 4.79 Å². The van der Waals surface area contributed by atoms with Crippen molar-refractivity contribution < 1.29 is 9.53 Å². The topological polar surface area (TPSA) is 60.3 Å². The summed E-state index contributed by atoms with van der Waals surface area (Å²) in [6, 6.07) is 12.2. The number of unbranched alkanes of at least 4 members (excludes halogenated alkanes) is 1. The first-order valence-electron chi connectivity index (χ1n) is 8.56. The summed E-state index contributed by atoms with van der Waals surface area (Å²) in [6.07, 6.45) is 5.19. The van der Waals surface area contributed by atoms with E-state index in [-0.39, 0.29) is 11.5 Å². The standard InChI is InChI=1S/C20H24N2O3/c1-3-5-13-21-20(24)18(22-14-7-6-8-19(22)23)15-16-9-11-17(12-10-16)25-4-2/h6-12,14-15H,3-5,13H2,1-2H3,(H,21,24). The minimum absolute atomic E-state index is 0.245. The van der Waals surface area contributed by atoms with Crippen molar-refractivity contribution in [2.45, 2.75) is 26.7 Å². The summed E-state index contributed by atoms with van der Waals surface area (Å²) in [4.78, 5) is 24.7. The highest BCUT2D eigenvalue weighted by molar-refractivity contribution is 6.18. The van der Waals surface area contributed by atoms with E-state index in [0.717, 1.165) is 24.2 Å². The molecule has 1 amide bonds. The maximum Gasteiger partial charge on any atom is 0.268 e. The van der Waals surface area contributed by atoms with Crippen molar-refractivity contribution in [1.29, 1.82) is 0 Å². The molecule has 1 N–H and O–H groups in total. The van der Waals surface area contributed by atoms with Crippen LogP contribution in [0.4, 0.5) is 0 Å². The predicted molar refractivity (Wildman–Crippen MR) is 100 cm³/mol. The lowest BCUT2D eigenvalue weighted by atomic mass is 10.1. The van der Waals surface area contributed by atoms with Gasteiger partial charge >= 0.3 is 0 Å². The molecule has 2 rings (SSSR count). The van der Waals surface area contributed by atoms with E-state index >= 15 is 0 Å². The van der Waals surface area contributed by atoms with Crippen LogP contribution in [0.15, 0.2) is 53.5 Å². The molecule has 5 nitrogen and oxygen atoms in total. The van der Waals surface area contributed by atoms with Gasteiger partial charge in [0.05, 0.1) is 6.61 Å². The molecule has 1 aromatic heterocycles. The average Bonchev–Trinajstić information content (AvgIpc) is 2.62. The Morgan fingerprint density at radius 2 is 1.92 bits per heavy atom. The van der Waals surface area contributed by atoms with Crippen molar-refractivity contribution in [2.75, 3.05) is 13.2 Å². The number of nitrogens with zero attached hydrogens (tertiary/aromatic N) is 1. The predicted octanol–water partition coefficient (Wildman–Crippen LogP) is 3.16. The van der Waals surface area contributed by atoms with Crippen molar-refractivity contribution in [3.63, 3.8) is 0 Å². The van der Waals surface area contributed by atoms with Gasteiger partial charge in [-0.3, -0.25) is 14.2 Å². The van der Waals surface area contributed by atoms with E-state index in [1.54, 1.807) is 24.4 Å². The van der Waals surface area contributed by atoms with Gasteiger partial charge < -0.3 is 10.1 Å². The molecule has 1 aromatic carbocycles. The van der Waals surface area contributed by atoms with Crippen LogP contribution < -0.4 is 15.6 Å². The summed E-state index contributed by atoms with van der Waals surface area (Å²) in [5, 5.41) is 2.87. The summed E-state index contributed by atoms with van der Waals surface area (Å²) in [7, 11) is 0. The number of carbonyl (C=O) groups is 1. The second kappa shape index (κ2) is 9.47. The molecular formula is C20H24N2O3. The van der Waals surface area contributed by atoms with E-state index < -0.39 is 0 Å². The average molecular weight is 340 g/mol. The molecule has 0 saturated heterocycles. The van der Waals surface area contributed by atoms with Crippen LogP contribution in [0.3, 0.4) is 0 Å². The van der Waals surface area contributed by atoms with Gasteiger partial charge in [-0.05, 0) is 43.2 Å². The smallest absolute Gasteiger partial charge is 0.268 e. The van der Waals surface area contributed by atoms with Gasteiger partial charge in [0.1, 0.15) is 11.4 Å². The van der Waals surface area contributed by atoms with Crippen LogP contribution in [0, 0.1) is 0 Å². The molecule has 0 unspecified atom stereocenters. The number of hydrogen-bond acceptors (Lipinski definition) is 3. The van der Waals surface area contributed by atoms with Gasteiger partial charge in [-0.1, -0.05) is 31.5 Å². The fraction of sp³-hybridized carbons (Fsp3) is 0.300. The van der Waals surface area contributed by atoms with Crippen molar-refractivity contribution in [3.05, 3.63) is 64.6 Å². The second-order valence-electron chi connectivity index (χ2n) is 5.55. The molecule has 25 heavy (non-hydrogen) atoms. The Morgan fingerprint density at radius 3 is 2.56 bits per heavy atom. The van der Waals surface area contributed by atoms with Gasteiger partial charge in [-0.25, -0.2) is 0 Å². The number of carbonyl (C=O) groups excluding carboxylic acids is 1. The zero-order valence-electron chi connectivity index (χ0n) is 14.7. The van der Waals surface area contributed by atoms with Crippen molar-refractivity contribution >= 4 is 17.7 Å². The number of pyridine rings is 1. The van der Waals surface area contributed by atoms with Gasteiger partial charge in [0.2, 0.25) is 0 Å². The Bertz CT molecular complexity index is 776. The van der Waals surface area contributed by atoms with Gasteiger partial charge in [-0.2, -0.15) is 0 Å². The van der Waals surface area contributed by atoms with E-state index in [1.165, 1.54) is 10.6 Å². The fourth-order valence-corrected chi connectivity index (χ4v) is 2.32. The summed E-state index contributed by atoms with van der Waals surface area (Å²) < 4.78 is 6.79. The number of nitrogens with one attached hydrogen (secondary N) is 1. The van der Waals surface area contributed by atoms with E-state index in [4.69, 9.17) is 4.74 Å². The zero-order valence-corrected chi connectivity index (χ0v) is 14.7. The molecule has 0 bridgehead atoms. The molecule has 5 heteroatoms. The minimum Gasteiger partial charge on any atom is -0.494 e. The zero-order chi connectivity index (χ0) is 18.1. The van der Waals surface area contributed by atoms with Crippen LogP contribution in [0.5, 0.6) is 5.75 Å². The third kappa shape index (κ3) is 5.35. The lowest BCUT2D eigenvalue weighted by Gasteiger charge is -2.11. The van der Waals surface area contributed by atoms with Crippen molar-refractivity contribution in [3.8, 4) is 5.75 Å². The first-order chi connectivity index (χ1) is 12.2. The number of aromatic nitrogens is 1. The third-order valence-corrected chi connectivity index (χ3v) is 3.63. The summed E-state index contributed by atoms with van der Waals surface area (Å²) in [5.74, 6) is 0.501. The van der Waals surface area contributed by atoms with E-state index in [2.05, 4.69) is 12.2 Å². The maximum absolute atomic E-state index is 12.6. The molecule has 0 saturated carbocycles. The lowest BCUT2D eigenvalue weighted by molar-refractivity contribution is -0.115. The number of hydrogen-bond donors (Lipinski definition) is 1. The molecule has 132 valence electrons. The first kappa shape index (κ1) is 18.5. The number of ether oxygens (including phenoxy) is 1. The Labute approximate surface area is 147 Å². The Hall–Kier alpha value is -2.82. The highest BCUT2D eigenvalue weighted by Crippen LogP contribution is 2.16. The molecule has 2 aromatic rings. The monoisotopic (exact) mass is 340 g/mol. The Kier molecular flexibility index (Phi) is 7.01.